The quantitative estimate of drug-likeness (QED) is 0.0298. The van der Waals surface area contributed by atoms with E-state index in [1.54, 1.807) is 36.4 Å². The van der Waals surface area contributed by atoms with Gasteiger partial charge in [0, 0.05) is 34.6 Å². The van der Waals surface area contributed by atoms with Crippen LogP contribution in [0.25, 0.3) is 22.3 Å². The van der Waals surface area contributed by atoms with Crippen molar-refractivity contribution in [2.24, 2.45) is 11.8 Å². The summed E-state index contributed by atoms with van der Waals surface area (Å²) in [5, 5.41) is 4.78. The second kappa shape index (κ2) is 19.7. The highest BCUT2D eigenvalue weighted by Crippen LogP contribution is 2.52. The van der Waals surface area contributed by atoms with E-state index in [2.05, 4.69) is 38.3 Å². The van der Waals surface area contributed by atoms with E-state index in [9.17, 15) is 4.79 Å². The molecule has 8 rings (SSSR count). The van der Waals surface area contributed by atoms with Crippen LogP contribution in [0.5, 0.6) is 0 Å². The number of carbonyl (C=O) groups is 1. The van der Waals surface area contributed by atoms with Gasteiger partial charge in [-0.25, -0.2) is 35.1 Å². The van der Waals surface area contributed by atoms with Gasteiger partial charge in [0.05, 0.1) is 0 Å². The van der Waals surface area contributed by atoms with Gasteiger partial charge in [0.25, 0.3) is 0 Å². The highest BCUT2D eigenvalue weighted by atomic mass is 19.2. The molecule has 4 unspecified atom stereocenters. The summed E-state index contributed by atoms with van der Waals surface area (Å²) in [7, 11) is 0. The van der Waals surface area contributed by atoms with Crippen molar-refractivity contribution in [2.75, 3.05) is 22.1 Å². The van der Waals surface area contributed by atoms with E-state index in [0.29, 0.717) is 23.2 Å². The van der Waals surface area contributed by atoms with Gasteiger partial charge in [-0.3, -0.25) is 4.79 Å². The van der Waals surface area contributed by atoms with Crippen LogP contribution in [0.3, 0.4) is 0 Å². The Morgan fingerprint density at radius 2 is 0.809 bits per heavy atom. The Morgan fingerprint density at radius 1 is 0.485 bits per heavy atom. The van der Waals surface area contributed by atoms with E-state index < -0.39 is 74.8 Å². The number of ketones is 1. The summed E-state index contributed by atoms with van der Waals surface area (Å²) in [5.74, 6) is -19.8. The molecular formula is C55H54F8N4O. The summed E-state index contributed by atoms with van der Waals surface area (Å²) in [5.41, 5.74) is 13.8. The first-order valence-corrected chi connectivity index (χ1v) is 23.5. The zero-order valence-corrected chi connectivity index (χ0v) is 38.4. The van der Waals surface area contributed by atoms with E-state index in [-0.39, 0.29) is 23.2 Å². The fraction of sp³-hybridized carbons (Fsp3) is 0.327. The van der Waals surface area contributed by atoms with E-state index >= 15 is 35.1 Å². The fourth-order valence-corrected chi connectivity index (χ4v) is 10.3. The van der Waals surface area contributed by atoms with Crippen LogP contribution in [0.15, 0.2) is 72.8 Å². The van der Waals surface area contributed by atoms with Crippen LogP contribution >= 0.6 is 0 Å². The largest absolute Gasteiger partial charge is 0.399 e. The van der Waals surface area contributed by atoms with Crippen LogP contribution in [-0.2, 0) is 0 Å². The summed E-state index contributed by atoms with van der Waals surface area (Å²) in [4.78, 5) is 13.5. The van der Waals surface area contributed by atoms with Gasteiger partial charge in [-0.15, -0.1) is 0 Å². The van der Waals surface area contributed by atoms with Crippen LogP contribution in [0.2, 0.25) is 0 Å². The smallest absolute Gasteiger partial charge is 0.205 e. The lowest BCUT2D eigenvalue weighted by Crippen LogP contribution is -2.19. The molecule has 4 atom stereocenters. The summed E-state index contributed by atoms with van der Waals surface area (Å²) in [6.45, 7) is 8.44. The molecule has 0 bridgehead atoms. The topological polar surface area (TPSA) is 93.2 Å². The van der Waals surface area contributed by atoms with Crippen molar-refractivity contribution < 1.29 is 39.9 Å². The molecule has 0 fully saturated rings. The summed E-state index contributed by atoms with van der Waals surface area (Å²) >= 11 is 0. The van der Waals surface area contributed by atoms with E-state index in [4.69, 9.17) is 11.5 Å². The maximum atomic E-state index is 15.9. The van der Waals surface area contributed by atoms with Crippen molar-refractivity contribution in [1.82, 2.24) is 0 Å². The monoisotopic (exact) mass is 938 g/mol. The van der Waals surface area contributed by atoms with Crippen molar-refractivity contribution in [3.63, 3.8) is 0 Å². The molecule has 0 saturated heterocycles. The number of benzene rings is 6. The third-order valence-corrected chi connectivity index (χ3v) is 14.1. The minimum absolute atomic E-state index is 0.0429. The lowest BCUT2D eigenvalue weighted by molar-refractivity contribution is 0.101. The number of nitrogen functional groups attached to an aromatic ring is 2. The van der Waals surface area contributed by atoms with Crippen LogP contribution in [-0.4, -0.2) is 5.78 Å². The SMILES string of the molecule is CCCCC(CC)CC1c2cc(N)ccc2-c2ccc(Nc3c(F)c(F)c(C(=O)c4c(F)c(F)c(Nc5ccc6c(c5)C(CC(CC)CCCC)c5cc(N)ccc5-6)c(F)c4F)c(F)c3F)cc21. The Balaban J connectivity index is 1.09. The standard InChI is InChI=1S/C55H54F8N4O/c1-5-9-11-27(7-3)21-37-39-23-29(64)13-17-33(39)35-19-15-31(25-41(35)37)66-53-49(60)45(56)43(46(57)50(53)61)55(68)44-47(58)51(62)54(52(63)48(44)59)67-32-16-20-36-34-18-14-30(65)24-40(34)38(42(36)26-32)22-28(8-4)12-10-6-2/h13-20,23-28,37-38,66-67H,5-12,21-22,64-65H2,1-4H3. The van der Waals surface area contributed by atoms with Crippen molar-refractivity contribution in [3.8, 4) is 22.3 Å². The molecule has 13 heteroatoms. The highest BCUT2D eigenvalue weighted by Gasteiger charge is 2.38. The summed E-state index contributed by atoms with van der Waals surface area (Å²) in [6, 6.07) is 20.7. The molecule has 0 heterocycles. The molecule has 2 aliphatic rings. The van der Waals surface area contributed by atoms with Crippen molar-refractivity contribution in [1.29, 1.82) is 0 Å². The number of nitrogens with one attached hydrogen (secondary N) is 2. The maximum Gasteiger partial charge on any atom is 0.205 e. The molecule has 356 valence electrons. The first-order chi connectivity index (χ1) is 32.6. The van der Waals surface area contributed by atoms with Crippen LogP contribution in [0, 0.1) is 58.4 Å². The van der Waals surface area contributed by atoms with Crippen LogP contribution < -0.4 is 22.1 Å². The molecule has 0 aromatic heterocycles. The zero-order chi connectivity index (χ0) is 48.7. The lowest BCUT2D eigenvalue weighted by atomic mass is 9.83. The highest BCUT2D eigenvalue weighted by molar-refractivity contribution is 6.10. The van der Waals surface area contributed by atoms with E-state index in [1.807, 2.05) is 24.3 Å². The maximum absolute atomic E-state index is 15.9. The molecule has 68 heavy (non-hydrogen) atoms. The number of hydrogen-bond acceptors (Lipinski definition) is 5. The van der Waals surface area contributed by atoms with Gasteiger partial charge in [-0.05, 0) is 118 Å². The number of nitrogens with two attached hydrogens (primary N) is 2. The molecule has 5 nitrogen and oxygen atoms in total. The number of halogens is 8. The van der Waals surface area contributed by atoms with Gasteiger partial charge in [0.2, 0.25) is 5.78 Å². The van der Waals surface area contributed by atoms with Gasteiger partial charge >= 0.3 is 0 Å². The van der Waals surface area contributed by atoms with Gasteiger partial charge in [-0.2, -0.15) is 0 Å². The Morgan fingerprint density at radius 3 is 1.13 bits per heavy atom. The van der Waals surface area contributed by atoms with Gasteiger partial charge < -0.3 is 22.1 Å². The Hall–Kier alpha value is -6.37. The number of fused-ring (bicyclic) bond motifs is 6. The van der Waals surface area contributed by atoms with Crippen molar-refractivity contribution >= 4 is 39.9 Å². The van der Waals surface area contributed by atoms with Crippen LogP contribution in [0.4, 0.5) is 69.2 Å². The minimum Gasteiger partial charge on any atom is -0.399 e. The fourth-order valence-electron chi connectivity index (χ4n) is 10.3. The lowest BCUT2D eigenvalue weighted by Gasteiger charge is -2.22. The Kier molecular flexibility index (Phi) is 13.9. The normalized spacial score (nSPS) is 15.4. The van der Waals surface area contributed by atoms with Gasteiger partial charge in [0.1, 0.15) is 22.5 Å². The average Bonchev–Trinajstić information content (AvgIpc) is 3.79. The van der Waals surface area contributed by atoms with Crippen molar-refractivity contribution in [2.45, 2.75) is 104 Å². The predicted molar refractivity (Wildman–Crippen MR) is 255 cm³/mol. The minimum atomic E-state index is -2.36. The average molecular weight is 939 g/mol. The molecule has 6 N–H and O–H groups in total. The number of carbonyl (C=O) groups excluding carboxylic acids is 1. The molecular weight excluding hydrogens is 885 g/mol. The predicted octanol–water partition coefficient (Wildman–Crippen LogP) is 16.1. The second-order valence-corrected chi connectivity index (χ2v) is 18.3. The molecule has 0 saturated carbocycles. The second-order valence-electron chi connectivity index (χ2n) is 18.3. The number of rotatable bonds is 18. The number of hydrogen-bond donors (Lipinski definition) is 4. The van der Waals surface area contributed by atoms with Crippen molar-refractivity contribution in [3.05, 3.63) is 153 Å². The molecule has 0 aliphatic heterocycles. The molecule has 6 aromatic carbocycles. The first-order valence-electron chi connectivity index (χ1n) is 23.5. The molecule has 0 amide bonds. The summed E-state index contributed by atoms with van der Waals surface area (Å²) < 4.78 is 127. The van der Waals surface area contributed by atoms with E-state index in [1.165, 1.54) is 12.1 Å². The molecule has 0 spiro atoms. The third-order valence-electron chi connectivity index (χ3n) is 14.1. The summed E-state index contributed by atoms with van der Waals surface area (Å²) in [6.07, 6.45) is 9.41. The Labute approximate surface area is 391 Å². The van der Waals surface area contributed by atoms with Gasteiger partial charge in [-0.1, -0.05) is 103 Å². The Bertz CT molecular complexity index is 2680. The van der Waals surface area contributed by atoms with E-state index in [0.717, 1.165) is 109 Å². The third kappa shape index (κ3) is 8.68. The zero-order valence-electron chi connectivity index (χ0n) is 38.4. The number of anilines is 6. The molecule has 0 radical (unpaired) electrons. The first kappa shape index (κ1) is 48.1. The number of unbranched alkanes of at least 4 members (excludes halogenated alkanes) is 2. The van der Waals surface area contributed by atoms with Crippen LogP contribution in [0.1, 0.15) is 142 Å². The van der Waals surface area contributed by atoms with Gasteiger partial charge in [0.15, 0.2) is 46.5 Å². The molecule has 2 aliphatic carbocycles. The molecule has 6 aromatic rings.